The molecule has 1 saturated carbocycles. The maximum Gasteiger partial charge on any atom is 0.360 e. The molecule has 0 aromatic heterocycles. The highest BCUT2D eigenvalue weighted by atomic mass is 35.5. The van der Waals surface area contributed by atoms with Crippen LogP contribution in [0.25, 0.3) is 0 Å². The Morgan fingerprint density at radius 2 is 2.04 bits per heavy atom. The van der Waals surface area contributed by atoms with Gasteiger partial charge in [-0.3, -0.25) is 4.99 Å². The average molecular weight is 389 g/mol. The van der Waals surface area contributed by atoms with E-state index in [-0.39, 0.29) is 11.8 Å². The third-order valence-electron chi connectivity index (χ3n) is 4.33. The standard InChI is InChI=1S/C20H21ClN2O4/c1-25-20(24)19(23-26-2)15-9-10-27-17(11-15)12-22-18(13-3-4-13)14-5-7-16(21)8-6-14/h5-9,11-13,18H,3-4,10H2,1-2H3. The lowest BCUT2D eigenvalue weighted by Crippen LogP contribution is -2.20. The molecule has 1 heterocycles. The Morgan fingerprint density at radius 1 is 1.30 bits per heavy atom. The van der Waals surface area contributed by atoms with E-state index in [1.165, 1.54) is 14.2 Å². The van der Waals surface area contributed by atoms with Crippen molar-refractivity contribution in [1.82, 2.24) is 0 Å². The van der Waals surface area contributed by atoms with Crippen LogP contribution in [0.4, 0.5) is 0 Å². The lowest BCUT2D eigenvalue weighted by molar-refractivity contribution is -0.132. The van der Waals surface area contributed by atoms with E-state index in [9.17, 15) is 4.79 Å². The van der Waals surface area contributed by atoms with Crippen LogP contribution in [0.3, 0.4) is 0 Å². The first-order chi connectivity index (χ1) is 13.1. The predicted molar refractivity (Wildman–Crippen MR) is 104 cm³/mol. The number of hydrogen-bond acceptors (Lipinski definition) is 6. The number of halogens is 1. The van der Waals surface area contributed by atoms with Gasteiger partial charge in [0.05, 0.1) is 19.4 Å². The van der Waals surface area contributed by atoms with E-state index in [0.29, 0.717) is 28.9 Å². The summed E-state index contributed by atoms with van der Waals surface area (Å²) in [4.78, 5) is 21.4. The van der Waals surface area contributed by atoms with E-state index < -0.39 is 5.97 Å². The van der Waals surface area contributed by atoms with Gasteiger partial charge in [-0.2, -0.15) is 0 Å². The van der Waals surface area contributed by atoms with Gasteiger partial charge in [-0.15, -0.1) is 0 Å². The summed E-state index contributed by atoms with van der Waals surface area (Å²) >= 11 is 5.99. The van der Waals surface area contributed by atoms with Crippen molar-refractivity contribution in [3.8, 4) is 0 Å². The minimum atomic E-state index is -0.574. The number of ether oxygens (including phenoxy) is 2. The van der Waals surface area contributed by atoms with Crippen molar-refractivity contribution in [2.75, 3.05) is 20.8 Å². The second kappa shape index (κ2) is 8.86. The molecule has 2 aliphatic rings. The molecule has 0 saturated heterocycles. The Hall–Kier alpha value is -2.60. The van der Waals surface area contributed by atoms with Crippen LogP contribution in [0.2, 0.25) is 5.02 Å². The summed E-state index contributed by atoms with van der Waals surface area (Å²) in [5.41, 5.74) is 1.79. The number of benzene rings is 1. The molecule has 6 nitrogen and oxygen atoms in total. The van der Waals surface area contributed by atoms with Gasteiger partial charge in [0, 0.05) is 10.6 Å². The molecule has 1 atom stereocenters. The number of aliphatic imine (C=N–C) groups is 1. The number of allylic oxidation sites excluding steroid dienone is 2. The first kappa shape index (κ1) is 19.2. The van der Waals surface area contributed by atoms with Crippen molar-refractivity contribution < 1.29 is 19.1 Å². The topological polar surface area (TPSA) is 69.5 Å². The fraction of sp³-hybridized carbons (Fsp3) is 0.350. The third-order valence-corrected chi connectivity index (χ3v) is 4.58. The first-order valence-electron chi connectivity index (χ1n) is 8.65. The molecular formula is C20H21ClN2O4. The van der Waals surface area contributed by atoms with Gasteiger partial charge in [-0.05, 0) is 48.6 Å². The van der Waals surface area contributed by atoms with E-state index in [1.54, 1.807) is 18.4 Å². The van der Waals surface area contributed by atoms with Crippen molar-refractivity contribution in [2.45, 2.75) is 18.9 Å². The van der Waals surface area contributed by atoms with Gasteiger partial charge >= 0.3 is 5.97 Å². The van der Waals surface area contributed by atoms with Gasteiger partial charge in [0.1, 0.15) is 19.5 Å². The summed E-state index contributed by atoms with van der Waals surface area (Å²) in [6.07, 6.45) is 7.45. The van der Waals surface area contributed by atoms with Crippen LogP contribution < -0.4 is 0 Å². The van der Waals surface area contributed by atoms with Gasteiger partial charge in [0.15, 0.2) is 5.71 Å². The molecule has 0 spiro atoms. The molecular weight excluding hydrogens is 368 g/mol. The average Bonchev–Trinajstić information content (AvgIpc) is 3.52. The molecule has 0 amide bonds. The summed E-state index contributed by atoms with van der Waals surface area (Å²) in [6, 6.07) is 7.83. The molecule has 27 heavy (non-hydrogen) atoms. The quantitative estimate of drug-likeness (QED) is 0.404. The molecule has 1 aromatic carbocycles. The van der Waals surface area contributed by atoms with Crippen LogP contribution in [-0.2, 0) is 19.1 Å². The first-order valence-corrected chi connectivity index (χ1v) is 9.03. The summed E-state index contributed by atoms with van der Waals surface area (Å²) < 4.78 is 10.4. The minimum Gasteiger partial charge on any atom is -0.488 e. The highest BCUT2D eigenvalue weighted by molar-refractivity contribution is 6.44. The molecule has 1 unspecified atom stereocenters. The number of rotatable bonds is 7. The van der Waals surface area contributed by atoms with E-state index in [1.807, 2.05) is 24.3 Å². The van der Waals surface area contributed by atoms with Crippen LogP contribution in [-0.4, -0.2) is 38.7 Å². The SMILES string of the molecule is CON=C(C(=O)OC)C1=CCOC(C=NC(c2ccc(Cl)cc2)C2CC2)=C1. The normalized spacial score (nSPS) is 18.4. The zero-order chi connectivity index (χ0) is 19.2. The van der Waals surface area contributed by atoms with Crippen molar-refractivity contribution in [1.29, 1.82) is 0 Å². The Bertz CT molecular complexity index is 808. The molecule has 0 radical (unpaired) electrons. The van der Waals surface area contributed by atoms with Crippen molar-refractivity contribution >= 4 is 29.5 Å². The molecule has 1 aliphatic carbocycles. The maximum absolute atomic E-state index is 11.9. The number of esters is 1. The minimum absolute atomic E-state index is 0.0637. The number of nitrogens with zero attached hydrogens (tertiary/aromatic N) is 2. The highest BCUT2D eigenvalue weighted by Crippen LogP contribution is 2.43. The second-order valence-corrected chi connectivity index (χ2v) is 6.68. The van der Waals surface area contributed by atoms with E-state index in [0.717, 1.165) is 18.4 Å². The monoisotopic (exact) mass is 388 g/mol. The van der Waals surface area contributed by atoms with Gasteiger partial charge in [0.25, 0.3) is 0 Å². The largest absolute Gasteiger partial charge is 0.488 e. The molecule has 0 bridgehead atoms. The Labute approximate surface area is 163 Å². The lowest BCUT2D eigenvalue weighted by Gasteiger charge is -2.15. The van der Waals surface area contributed by atoms with Crippen LogP contribution in [0.15, 0.2) is 57.9 Å². The zero-order valence-electron chi connectivity index (χ0n) is 15.2. The number of hydrogen-bond donors (Lipinski definition) is 0. The second-order valence-electron chi connectivity index (χ2n) is 6.24. The maximum atomic E-state index is 11.9. The van der Waals surface area contributed by atoms with Gasteiger partial charge < -0.3 is 14.3 Å². The van der Waals surface area contributed by atoms with E-state index in [4.69, 9.17) is 30.9 Å². The summed E-state index contributed by atoms with van der Waals surface area (Å²) in [5, 5.41) is 4.47. The van der Waals surface area contributed by atoms with Crippen LogP contribution in [0.5, 0.6) is 0 Å². The Morgan fingerprint density at radius 3 is 2.67 bits per heavy atom. The highest BCUT2D eigenvalue weighted by Gasteiger charge is 2.32. The number of methoxy groups -OCH3 is 1. The smallest absolute Gasteiger partial charge is 0.360 e. The lowest BCUT2D eigenvalue weighted by atomic mass is 10.0. The fourth-order valence-corrected chi connectivity index (χ4v) is 2.95. The Kier molecular flexibility index (Phi) is 6.29. The molecule has 0 N–H and O–H groups in total. The fourth-order valence-electron chi connectivity index (χ4n) is 2.82. The molecule has 1 aromatic rings. The number of oxime groups is 1. The third kappa shape index (κ3) is 4.98. The summed E-state index contributed by atoms with van der Waals surface area (Å²) in [7, 11) is 2.67. The molecule has 3 rings (SSSR count). The summed E-state index contributed by atoms with van der Waals surface area (Å²) in [6.45, 7) is 0.307. The summed E-state index contributed by atoms with van der Waals surface area (Å²) in [5.74, 6) is 0.511. The van der Waals surface area contributed by atoms with Crippen molar-refractivity contribution in [3.05, 3.63) is 58.3 Å². The van der Waals surface area contributed by atoms with Crippen LogP contribution in [0, 0.1) is 5.92 Å². The van der Waals surface area contributed by atoms with Crippen LogP contribution >= 0.6 is 11.6 Å². The molecule has 7 heteroatoms. The molecule has 1 aliphatic heterocycles. The predicted octanol–water partition coefficient (Wildman–Crippen LogP) is 3.88. The van der Waals surface area contributed by atoms with Gasteiger partial charge in [-0.25, -0.2) is 4.79 Å². The number of carbonyl (C=O) groups excluding carboxylic acids is 1. The Balaban J connectivity index is 1.80. The van der Waals surface area contributed by atoms with Crippen molar-refractivity contribution in [3.63, 3.8) is 0 Å². The van der Waals surface area contributed by atoms with Gasteiger partial charge in [0.2, 0.25) is 0 Å². The number of carbonyl (C=O) groups is 1. The van der Waals surface area contributed by atoms with E-state index >= 15 is 0 Å². The zero-order valence-corrected chi connectivity index (χ0v) is 16.0. The van der Waals surface area contributed by atoms with Gasteiger partial charge in [-0.1, -0.05) is 28.9 Å². The van der Waals surface area contributed by atoms with Crippen molar-refractivity contribution in [2.24, 2.45) is 16.1 Å². The van der Waals surface area contributed by atoms with E-state index in [2.05, 4.69) is 5.16 Å². The molecule has 142 valence electrons. The molecule has 1 fully saturated rings. The van der Waals surface area contributed by atoms with Crippen LogP contribution in [0.1, 0.15) is 24.4 Å².